The predicted molar refractivity (Wildman–Crippen MR) is 81.5 cm³/mol. The third kappa shape index (κ3) is 6.78. The molecule has 1 nitrogen and oxygen atoms in total. The number of unbranched alkanes of at least 4 members (excludes halogenated alkanes) is 3. The summed E-state index contributed by atoms with van der Waals surface area (Å²) in [7, 11) is 0. The molecular formula is C14H26OS2. The molecule has 1 rings (SSSR count). The summed E-state index contributed by atoms with van der Waals surface area (Å²) in [4.78, 5) is 0. The van der Waals surface area contributed by atoms with Crippen molar-refractivity contribution >= 4 is 23.5 Å². The van der Waals surface area contributed by atoms with Crippen LogP contribution in [-0.2, 0) is 0 Å². The monoisotopic (exact) mass is 274 g/mol. The molecule has 0 aromatic heterocycles. The van der Waals surface area contributed by atoms with E-state index in [-0.39, 0.29) is 6.10 Å². The van der Waals surface area contributed by atoms with E-state index in [0.29, 0.717) is 5.92 Å². The van der Waals surface area contributed by atoms with Gasteiger partial charge in [-0.15, -0.1) is 23.5 Å². The quantitative estimate of drug-likeness (QED) is 0.682. The molecule has 0 radical (unpaired) electrons. The van der Waals surface area contributed by atoms with Gasteiger partial charge in [0.2, 0.25) is 0 Å². The van der Waals surface area contributed by atoms with Crippen LogP contribution in [0, 0.1) is 5.92 Å². The molecule has 1 aliphatic heterocycles. The molecule has 1 heterocycles. The fraction of sp³-hybridized carbons (Fsp3) is 0.857. The van der Waals surface area contributed by atoms with Crippen LogP contribution in [0.15, 0.2) is 10.3 Å². The molecule has 0 unspecified atom stereocenters. The number of rotatable bonds is 7. The Morgan fingerprint density at radius 3 is 2.59 bits per heavy atom. The number of aliphatic hydroxyl groups is 1. The predicted octanol–water partition coefficient (Wildman–Crippen LogP) is 4.67. The minimum Gasteiger partial charge on any atom is -0.393 e. The minimum atomic E-state index is -0.150. The van der Waals surface area contributed by atoms with Crippen molar-refractivity contribution in [1.29, 1.82) is 0 Å². The van der Waals surface area contributed by atoms with Gasteiger partial charge < -0.3 is 5.11 Å². The lowest BCUT2D eigenvalue weighted by Crippen LogP contribution is -2.16. The first-order valence-corrected chi connectivity index (χ1v) is 8.86. The summed E-state index contributed by atoms with van der Waals surface area (Å²) < 4.78 is 1.43. The Morgan fingerprint density at radius 2 is 1.94 bits per heavy atom. The molecule has 0 bridgehead atoms. The molecule has 0 aromatic carbocycles. The second-order valence-corrected chi connectivity index (χ2v) is 7.34. The summed E-state index contributed by atoms with van der Waals surface area (Å²) >= 11 is 3.91. The first-order valence-electron chi connectivity index (χ1n) is 6.89. The van der Waals surface area contributed by atoms with E-state index in [1.807, 2.05) is 23.5 Å². The second-order valence-electron chi connectivity index (χ2n) is 4.81. The van der Waals surface area contributed by atoms with Gasteiger partial charge in [-0.3, -0.25) is 0 Å². The Hall–Kier alpha value is 0.400. The fourth-order valence-corrected chi connectivity index (χ4v) is 4.53. The third-order valence-electron chi connectivity index (χ3n) is 3.14. The standard InChI is InChI=1S/C14H26OS2/c1-3-4-5-6-8-13(15)12(2)11-14-16-9-7-10-17-14/h11-13,15H,3-10H2,1-2H3/t12-,13+/m0/s1. The van der Waals surface area contributed by atoms with E-state index in [1.54, 1.807) is 0 Å². The van der Waals surface area contributed by atoms with Crippen LogP contribution in [0.4, 0.5) is 0 Å². The summed E-state index contributed by atoms with van der Waals surface area (Å²) in [6.07, 6.45) is 9.40. The molecule has 3 heteroatoms. The van der Waals surface area contributed by atoms with Crippen LogP contribution < -0.4 is 0 Å². The van der Waals surface area contributed by atoms with Gasteiger partial charge in [-0.25, -0.2) is 0 Å². The number of aliphatic hydroxyl groups excluding tert-OH is 1. The Morgan fingerprint density at radius 1 is 1.24 bits per heavy atom. The third-order valence-corrected chi connectivity index (χ3v) is 5.67. The maximum absolute atomic E-state index is 10.1. The van der Waals surface area contributed by atoms with Crippen LogP contribution >= 0.6 is 23.5 Å². The van der Waals surface area contributed by atoms with E-state index in [1.165, 1.54) is 47.8 Å². The molecule has 1 saturated heterocycles. The Balaban J connectivity index is 2.22. The van der Waals surface area contributed by atoms with Crippen molar-refractivity contribution in [3.8, 4) is 0 Å². The minimum absolute atomic E-state index is 0.150. The van der Waals surface area contributed by atoms with Crippen molar-refractivity contribution < 1.29 is 5.11 Å². The molecule has 0 aliphatic carbocycles. The Labute approximate surface area is 115 Å². The maximum atomic E-state index is 10.1. The molecular weight excluding hydrogens is 248 g/mol. The zero-order valence-electron chi connectivity index (χ0n) is 11.2. The summed E-state index contributed by atoms with van der Waals surface area (Å²) in [5, 5.41) is 10.1. The van der Waals surface area contributed by atoms with Gasteiger partial charge in [-0.1, -0.05) is 45.6 Å². The van der Waals surface area contributed by atoms with Crippen molar-refractivity contribution in [2.45, 2.75) is 58.5 Å². The molecule has 0 spiro atoms. The zero-order chi connectivity index (χ0) is 12.5. The highest BCUT2D eigenvalue weighted by Gasteiger charge is 2.14. The molecule has 1 fully saturated rings. The van der Waals surface area contributed by atoms with E-state index >= 15 is 0 Å². The number of thioether (sulfide) groups is 2. The van der Waals surface area contributed by atoms with Gasteiger partial charge in [0.05, 0.1) is 6.10 Å². The normalized spacial score (nSPS) is 20.1. The lowest BCUT2D eigenvalue weighted by Gasteiger charge is -2.19. The number of hydrogen-bond donors (Lipinski definition) is 1. The molecule has 0 aromatic rings. The molecule has 2 atom stereocenters. The van der Waals surface area contributed by atoms with E-state index in [4.69, 9.17) is 0 Å². The first-order chi connectivity index (χ1) is 8.24. The fourth-order valence-electron chi connectivity index (χ4n) is 1.91. The molecule has 0 saturated carbocycles. The molecule has 0 amide bonds. The molecule has 1 N–H and O–H groups in total. The van der Waals surface area contributed by atoms with Crippen molar-refractivity contribution in [3.05, 3.63) is 10.3 Å². The zero-order valence-corrected chi connectivity index (χ0v) is 12.8. The van der Waals surface area contributed by atoms with E-state index in [2.05, 4.69) is 19.9 Å². The molecule has 17 heavy (non-hydrogen) atoms. The topological polar surface area (TPSA) is 20.2 Å². The summed E-state index contributed by atoms with van der Waals surface area (Å²) in [6.45, 7) is 4.37. The smallest absolute Gasteiger partial charge is 0.0600 e. The lowest BCUT2D eigenvalue weighted by atomic mass is 9.99. The van der Waals surface area contributed by atoms with Crippen LogP contribution in [0.25, 0.3) is 0 Å². The van der Waals surface area contributed by atoms with Crippen molar-refractivity contribution in [2.75, 3.05) is 11.5 Å². The van der Waals surface area contributed by atoms with Crippen LogP contribution in [0.3, 0.4) is 0 Å². The average Bonchev–Trinajstić information content (AvgIpc) is 2.35. The second kappa shape index (κ2) is 9.35. The average molecular weight is 274 g/mol. The van der Waals surface area contributed by atoms with Crippen LogP contribution in [0.2, 0.25) is 0 Å². The summed E-state index contributed by atoms with van der Waals surface area (Å²) in [5.41, 5.74) is 0. The highest BCUT2D eigenvalue weighted by molar-refractivity contribution is 8.22. The maximum Gasteiger partial charge on any atom is 0.0600 e. The van der Waals surface area contributed by atoms with E-state index in [9.17, 15) is 5.11 Å². The Bertz CT molecular complexity index is 220. The van der Waals surface area contributed by atoms with Crippen LogP contribution in [0.5, 0.6) is 0 Å². The highest BCUT2D eigenvalue weighted by atomic mass is 32.2. The van der Waals surface area contributed by atoms with Crippen molar-refractivity contribution in [3.63, 3.8) is 0 Å². The van der Waals surface area contributed by atoms with Crippen LogP contribution in [-0.4, -0.2) is 22.7 Å². The summed E-state index contributed by atoms with van der Waals surface area (Å²) in [6, 6.07) is 0. The Kier molecular flexibility index (Phi) is 8.50. The van der Waals surface area contributed by atoms with Crippen molar-refractivity contribution in [2.24, 2.45) is 5.92 Å². The summed E-state index contributed by atoms with van der Waals surface area (Å²) in [5.74, 6) is 2.81. The van der Waals surface area contributed by atoms with Gasteiger partial charge in [0.25, 0.3) is 0 Å². The largest absolute Gasteiger partial charge is 0.393 e. The lowest BCUT2D eigenvalue weighted by molar-refractivity contribution is 0.125. The highest BCUT2D eigenvalue weighted by Crippen LogP contribution is 2.35. The van der Waals surface area contributed by atoms with Crippen LogP contribution in [0.1, 0.15) is 52.4 Å². The SMILES string of the molecule is CCCCCC[C@@H](O)[C@@H](C)C=C1SCCCS1. The van der Waals surface area contributed by atoms with Crippen molar-refractivity contribution in [1.82, 2.24) is 0 Å². The van der Waals surface area contributed by atoms with Gasteiger partial charge in [0.1, 0.15) is 0 Å². The first kappa shape index (κ1) is 15.5. The molecule has 1 aliphatic rings. The number of hydrogen-bond acceptors (Lipinski definition) is 3. The molecule has 100 valence electrons. The van der Waals surface area contributed by atoms with Gasteiger partial charge in [-0.05, 0) is 24.3 Å². The van der Waals surface area contributed by atoms with Gasteiger partial charge in [0, 0.05) is 10.2 Å². The van der Waals surface area contributed by atoms with E-state index in [0.717, 1.165) is 6.42 Å². The van der Waals surface area contributed by atoms with E-state index < -0.39 is 0 Å². The van der Waals surface area contributed by atoms with Gasteiger partial charge in [0.15, 0.2) is 0 Å². The van der Waals surface area contributed by atoms with Gasteiger partial charge in [-0.2, -0.15) is 0 Å². The van der Waals surface area contributed by atoms with Gasteiger partial charge >= 0.3 is 0 Å².